The van der Waals surface area contributed by atoms with Crippen LogP contribution in [0.25, 0.3) is 0 Å². The van der Waals surface area contributed by atoms with E-state index in [1.54, 1.807) is 11.9 Å². The summed E-state index contributed by atoms with van der Waals surface area (Å²) in [6, 6.07) is 0.122. The fourth-order valence-electron chi connectivity index (χ4n) is 2.40. The molecule has 1 saturated carbocycles. The minimum absolute atomic E-state index is 0.0516. The van der Waals surface area contributed by atoms with Gasteiger partial charge in [0, 0.05) is 19.5 Å². The molecule has 1 N–H and O–H groups in total. The van der Waals surface area contributed by atoms with E-state index in [0.717, 1.165) is 19.3 Å². The first-order valence-electron chi connectivity index (χ1n) is 6.38. The Labute approximate surface area is 103 Å². The van der Waals surface area contributed by atoms with Gasteiger partial charge in [0.15, 0.2) is 0 Å². The van der Waals surface area contributed by atoms with Crippen LogP contribution in [0.1, 0.15) is 52.4 Å². The molecular formula is C13H23NO3. The number of carboxylic acids is 1. The predicted molar refractivity (Wildman–Crippen MR) is 65.7 cm³/mol. The molecular weight excluding hydrogens is 218 g/mol. The van der Waals surface area contributed by atoms with Crippen molar-refractivity contribution in [2.45, 2.75) is 58.4 Å². The molecule has 0 unspecified atom stereocenters. The highest BCUT2D eigenvalue weighted by Gasteiger charge is 2.42. The van der Waals surface area contributed by atoms with E-state index in [9.17, 15) is 14.7 Å². The van der Waals surface area contributed by atoms with Crippen molar-refractivity contribution in [3.63, 3.8) is 0 Å². The van der Waals surface area contributed by atoms with Crippen molar-refractivity contribution in [2.75, 3.05) is 7.05 Å². The van der Waals surface area contributed by atoms with Crippen LogP contribution in [0.15, 0.2) is 0 Å². The van der Waals surface area contributed by atoms with E-state index in [4.69, 9.17) is 0 Å². The Bertz CT molecular complexity index is 293. The standard InChI is InChI=1S/C13H23NO3/c1-10(2)14(3)11(15)9-13(12(16)17)7-5-4-6-8-13/h10H,4-9H2,1-3H3,(H,16,17). The third kappa shape index (κ3) is 3.20. The van der Waals surface area contributed by atoms with Crippen molar-refractivity contribution in [1.29, 1.82) is 0 Å². The monoisotopic (exact) mass is 241 g/mol. The van der Waals surface area contributed by atoms with E-state index >= 15 is 0 Å². The number of carbonyl (C=O) groups is 2. The van der Waals surface area contributed by atoms with Crippen LogP contribution in [-0.4, -0.2) is 35.0 Å². The summed E-state index contributed by atoms with van der Waals surface area (Å²) in [6.45, 7) is 3.87. The van der Waals surface area contributed by atoms with Crippen LogP contribution in [0.4, 0.5) is 0 Å². The second-order valence-electron chi connectivity index (χ2n) is 5.42. The van der Waals surface area contributed by atoms with Gasteiger partial charge in [-0.3, -0.25) is 9.59 Å². The molecule has 4 heteroatoms. The van der Waals surface area contributed by atoms with E-state index in [2.05, 4.69) is 0 Å². The van der Waals surface area contributed by atoms with Gasteiger partial charge in [-0.15, -0.1) is 0 Å². The SMILES string of the molecule is CC(C)N(C)C(=O)CC1(C(=O)O)CCCCC1. The van der Waals surface area contributed by atoms with E-state index in [1.165, 1.54) is 0 Å². The smallest absolute Gasteiger partial charge is 0.310 e. The number of nitrogens with zero attached hydrogens (tertiary/aromatic N) is 1. The molecule has 1 fully saturated rings. The lowest BCUT2D eigenvalue weighted by molar-refractivity contribution is -0.156. The van der Waals surface area contributed by atoms with Gasteiger partial charge in [0.1, 0.15) is 0 Å². The molecule has 1 aliphatic rings. The molecule has 0 aromatic carbocycles. The fourth-order valence-corrected chi connectivity index (χ4v) is 2.40. The van der Waals surface area contributed by atoms with Crippen molar-refractivity contribution in [3.05, 3.63) is 0 Å². The van der Waals surface area contributed by atoms with Crippen LogP contribution in [0.5, 0.6) is 0 Å². The third-order valence-corrected chi connectivity index (χ3v) is 3.92. The van der Waals surface area contributed by atoms with E-state index in [-0.39, 0.29) is 18.4 Å². The number of carboxylic acid groups (broad SMARTS) is 1. The zero-order valence-electron chi connectivity index (χ0n) is 11.0. The maximum Gasteiger partial charge on any atom is 0.310 e. The molecule has 98 valence electrons. The zero-order chi connectivity index (χ0) is 13.1. The van der Waals surface area contributed by atoms with Crippen LogP contribution in [0.2, 0.25) is 0 Å². The van der Waals surface area contributed by atoms with E-state index in [0.29, 0.717) is 12.8 Å². The van der Waals surface area contributed by atoms with E-state index in [1.807, 2.05) is 13.8 Å². The second-order valence-corrected chi connectivity index (χ2v) is 5.42. The first kappa shape index (κ1) is 14.0. The van der Waals surface area contributed by atoms with Gasteiger partial charge in [0.2, 0.25) is 5.91 Å². The van der Waals surface area contributed by atoms with Crippen molar-refractivity contribution in [3.8, 4) is 0 Å². The quantitative estimate of drug-likeness (QED) is 0.821. The van der Waals surface area contributed by atoms with E-state index < -0.39 is 11.4 Å². The largest absolute Gasteiger partial charge is 0.481 e. The average molecular weight is 241 g/mol. The van der Waals surface area contributed by atoms with Crippen LogP contribution >= 0.6 is 0 Å². The number of hydrogen-bond donors (Lipinski definition) is 1. The van der Waals surface area contributed by atoms with Gasteiger partial charge < -0.3 is 10.0 Å². The van der Waals surface area contributed by atoms with Gasteiger partial charge >= 0.3 is 5.97 Å². The summed E-state index contributed by atoms with van der Waals surface area (Å²) in [7, 11) is 1.74. The summed E-state index contributed by atoms with van der Waals surface area (Å²) >= 11 is 0. The van der Waals surface area contributed by atoms with Crippen LogP contribution in [0.3, 0.4) is 0 Å². The van der Waals surface area contributed by atoms with Crippen LogP contribution in [0, 0.1) is 5.41 Å². The number of amides is 1. The highest BCUT2D eigenvalue weighted by Crippen LogP contribution is 2.40. The van der Waals surface area contributed by atoms with Crippen molar-refractivity contribution < 1.29 is 14.7 Å². The Kier molecular flexibility index (Phi) is 4.54. The number of aliphatic carboxylic acids is 1. The Hall–Kier alpha value is -1.06. The van der Waals surface area contributed by atoms with Crippen molar-refractivity contribution in [1.82, 2.24) is 4.90 Å². The van der Waals surface area contributed by atoms with Gasteiger partial charge in [0.05, 0.1) is 5.41 Å². The van der Waals surface area contributed by atoms with Crippen molar-refractivity contribution in [2.24, 2.45) is 5.41 Å². The molecule has 0 spiro atoms. The molecule has 1 rings (SSSR count). The minimum Gasteiger partial charge on any atom is -0.481 e. The summed E-state index contributed by atoms with van der Waals surface area (Å²) in [5, 5.41) is 9.39. The van der Waals surface area contributed by atoms with Gasteiger partial charge in [-0.1, -0.05) is 19.3 Å². The van der Waals surface area contributed by atoms with Crippen molar-refractivity contribution >= 4 is 11.9 Å². The maximum atomic E-state index is 12.0. The molecule has 4 nitrogen and oxygen atoms in total. The fraction of sp³-hybridized carbons (Fsp3) is 0.846. The summed E-state index contributed by atoms with van der Waals surface area (Å²) in [4.78, 5) is 25.1. The molecule has 0 aliphatic heterocycles. The third-order valence-electron chi connectivity index (χ3n) is 3.92. The Balaban J connectivity index is 2.73. The summed E-state index contributed by atoms with van der Waals surface area (Å²) in [6.07, 6.45) is 4.36. The minimum atomic E-state index is -0.807. The molecule has 0 radical (unpaired) electrons. The highest BCUT2D eigenvalue weighted by molar-refractivity contribution is 5.85. The lowest BCUT2D eigenvalue weighted by atomic mass is 9.71. The maximum absolute atomic E-state index is 12.0. The molecule has 0 aromatic heterocycles. The zero-order valence-corrected chi connectivity index (χ0v) is 11.0. The Morgan fingerprint density at radius 1 is 1.24 bits per heavy atom. The van der Waals surface area contributed by atoms with Crippen LogP contribution in [-0.2, 0) is 9.59 Å². The first-order chi connectivity index (χ1) is 7.89. The van der Waals surface area contributed by atoms with Crippen LogP contribution < -0.4 is 0 Å². The first-order valence-corrected chi connectivity index (χ1v) is 6.38. The second kappa shape index (κ2) is 5.52. The molecule has 0 atom stereocenters. The topological polar surface area (TPSA) is 57.6 Å². The lowest BCUT2D eigenvalue weighted by Crippen LogP contribution is -2.41. The summed E-state index contributed by atoms with van der Waals surface area (Å²) in [5.74, 6) is -0.855. The molecule has 0 saturated heterocycles. The van der Waals surface area contributed by atoms with Gasteiger partial charge in [0.25, 0.3) is 0 Å². The number of hydrogen-bond acceptors (Lipinski definition) is 2. The van der Waals surface area contributed by atoms with Gasteiger partial charge in [-0.2, -0.15) is 0 Å². The molecule has 0 heterocycles. The molecule has 0 bridgehead atoms. The lowest BCUT2D eigenvalue weighted by Gasteiger charge is -2.34. The predicted octanol–water partition coefficient (Wildman–Crippen LogP) is 2.28. The van der Waals surface area contributed by atoms with Gasteiger partial charge in [-0.05, 0) is 26.7 Å². The normalized spacial score (nSPS) is 19.1. The number of rotatable bonds is 4. The summed E-state index contributed by atoms with van der Waals surface area (Å²) in [5.41, 5.74) is -0.807. The molecule has 0 aromatic rings. The Morgan fingerprint density at radius 3 is 2.18 bits per heavy atom. The highest BCUT2D eigenvalue weighted by atomic mass is 16.4. The molecule has 17 heavy (non-hydrogen) atoms. The Morgan fingerprint density at radius 2 is 1.76 bits per heavy atom. The molecule has 1 aliphatic carbocycles. The molecule has 1 amide bonds. The van der Waals surface area contributed by atoms with Gasteiger partial charge in [-0.25, -0.2) is 0 Å². The average Bonchev–Trinajstić information content (AvgIpc) is 2.28. The number of carbonyl (C=O) groups excluding carboxylic acids is 1. The summed E-state index contributed by atoms with van der Waals surface area (Å²) < 4.78 is 0.